The summed E-state index contributed by atoms with van der Waals surface area (Å²) in [6, 6.07) is 12.1. The van der Waals surface area contributed by atoms with Crippen LogP contribution in [0, 0.1) is 27.7 Å². The number of aryl methyl sites for hydroxylation is 4. The van der Waals surface area contributed by atoms with Crippen molar-refractivity contribution in [3.8, 4) is 5.69 Å². The molecule has 156 valence electrons. The number of benzene rings is 2. The number of thioether (sulfide) groups is 1. The summed E-state index contributed by atoms with van der Waals surface area (Å²) in [5.74, 6) is -0.282. The fourth-order valence-electron chi connectivity index (χ4n) is 3.33. The van der Waals surface area contributed by atoms with E-state index in [1.165, 1.54) is 11.8 Å². The Kier molecular flexibility index (Phi) is 6.95. The lowest BCUT2D eigenvalue weighted by Gasteiger charge is -2.13. The third-order valence-corrected chi connectivity index (χ3v) is 5.67. The van der Waals surface area contributed by atoms with E-state index in [0.29, 0.717) is 0 Å². The lowest BCUT2D eigenvalue weighted by Crippen LogP contribution is -2.34. The van der Waals surface area contributed by atoms with Crippen LogP contribution in [-0.4, -0.2) is 33.7 Å². The van der Waals surface area contributed by atoms with Crippen LogP contribution >= 0.6 is 11.8 Å². The predicted octanol–water partition coefficient (Wildman–Crippen LogP) is 3.95. The number of aromatic nitrogens is 2. The first-order valence-corrected chi connectivity index (χ1v) is 10.7. The van der Waals surface area contributed by atoms with E-state index in [2.05, 4.69) is 15.6 Å². The Morgan fingerprint density at radius 1 is 1.00 bits per heavy atom. The fourth-order valence-corrected chi connectivity index (χ4v) is 4.13. The average molecular weight is 423 g/mol. The van der Waals surface area contributed by atoms with Crippen molar-refractivity contribution in [3.63, 3.8) is 0 Å². The van der Waals surface area contributed by atoms with Crippen molar-refractivity contribution >= 4 is 29.3 Å². The van der Waals surface area contributed by atoms with Gasteiger partial charge in [-0.3, -0.25) is 14.2 Å². The second-order valence-corrected chi connectivity index (χ2v) is 8.20. The highest BCUT2D eigenvalue weighted by Crippen LogP contribution is 2.23. The van der Waals surface area contributed by atoms with Crippen molar-refractivity contribution in [2.75, 3.05) is 17.6 Å². The molecule has 0 aliphatic carbocycles. The Morgan fingerprint density at radius 2 is 1.70 bits per heavy atom. The number of anilines is 1. The summed E-state index contributed by atoms with van der Waals surface area (Å²) in [4.78, 5) is 28.9. The summed E-state index contributed by atoms with van der Waals surface area (Å²) in [5, 5.41) is 6.30. The van der Waals surface area contributed by atoms with Crippen LogP contribution < -0.4 is 10.6 Å². The number of imidazole rings is 1. The van der Waals surface area contributed by atoms with E-state index in [-0.39, 0.29) is 24.1 Å². The number of hydrogen-bond donors (Lipinski definition) is 2. The zero-order valence-electron chi connectivity index (χ0n) is 17.7. The summed E-state index contributed by atoms with van der Waals surface area (Å²) < 4.78 is 1.96. The Morgan fingerprint density at radius 3 is 2.40 bits per heavy atom. The molecule has 30 heavy (non-hydrogen) atoms. The molecule has 3 rings (SSSR count). The van der Waals surface area contributed by atoms with E-state index in [4.69, 9.17) is 0 Å². The van der Waals surface area contributed by atoms with Crippen LogP contribution in [-0.2, 0) is 9.59 Å². The van der Waals surface area contributed by atoms with Crippen molar-refractivity contribution in [3.05, 3.63) is 71.0 Å². The topological polar surface area (TPSA) is 76.0 Å². The van der Waals surface area contributed by atoms with Crippen molar-refractivity contribution in [1.29, 1.82) is 0 Å². The molecule has 1 aromatic heterocycles. The van der Waals surface area contributed by atoms with E-state index < -0.39 is 0 Å². The second-order valence-electron chi connectivity index (χ2n) is 7.25. The quantitative estimate of drug-likeness (QED) is 0.565. The summed E-state index contributed by atoms with van der Waals surface area (Å²) in [6.45, 7) is 7.90. The molecule has 0 radical (unpaired) electrons. The first kappa shape index (κ1) is 21.6. The van der Waals surface area contributed by atoms with Gasteiger partial charge in [0.15, 0.2) is 5.16 Å². The number of hydrogen-bond acceptors (Lipinski definition) is 4. The minimum Gasteiger partial charge on any atom is -0.346 e. The van der Waals surface area contributed by atoms with Crippen molar-refractivity contribution in [2.24, 2.45) is 0 Å². The molecule has 6 nitrogen and oxygen atoms in total. The van der Waals surface area contributed by atoms with Gasteiger partial charge in [-0.1, -0.05) is 47.7 Å². The summed E-state index contributed by atoms with van der Waals surface area (Å²) >= 11 is 1.34. The van der Waals surface area contributed by atoms with Crippen LogP contribution in [0.5, 0.6) is 0 Å². The molecule has 0 atom stereocenters. The summed E-state index contributed by atoms with van der Waals surface area (Å²) in [6.07, 6.45) is 3.59. The Hall–Kier alpha value is -3.06. The SMILES string of the molecule is Cc1cc(C)c(NC(=O)CNC(=O)CSc2nccn2-c2ccccc2C)c(C)c1. The standard InChI is InChI=1S/C23H26N4O2S/c1-15-11-17(3)22(18(4)12-15)26-20(28)13-25-21(29)14-30-23-24-9-10-27(23)19-8-6-5-7-16(19)2/h5-12H,13-14H2,1-4H3,(H,25,29)(H,26,28). The van der Waals surface area contributed by atoms with Gasteiger partial charge in [0.25, 0.3) is 0 Å². The van der Waals surface area contributed by atoms with Crippen LogP contribution in [0.1, 0.15) is 22.3 Å². The molecule has 2 aromatic carbocycles. The summed E-state index contributed by atoms with van der Waals surface area (Å²) in [7, 11) is 0. The Labute approximate surface area is 181 Å². The highest BCUT2D eigenvalue weighted by atomic mass is 32.2. The highest BCUT2D eigenvalue weighted by Gasteiger charge is 2.12. The smallest absolute Gasteiger partial charge is 0.243 e. The molecule has 0 saturated carbocycles. The lowest BCUT2D eigenvalue weighted by atomic mass is 10.1. The first-order chi connectivity index (χ1) is 14.3. The molecule has 0 unspecified atom stereocenters. The Bertz CT molecular complexity index is 1050. The molecule has 1 heterocycles. The van der Waals surface area contributed by atoms with Crippen LogP contribution in [0.2, 0.25) is 0 Å². The van der Waals surface area contributed by atoms with E-state index in [9.17, 15) is 9.59 Å². The largest absolute Gasteiger partial charge is 0.346 e. The molecule has 0 aliphatic heterocycles. The first-order valence-electron chi connectivity index (χ1n) is 9.71. The Balaban J connectivity index is 1.52. The minimum absolute atomic E-state index is 0.0710. The van der Waals surface area contributed by atoms with E-state index >= 15 is 0 Å². The normalized spacial score (nSPS) is 10.7. The lowest BCUT2D eigenvalue weighted by molar-refractivity contribution is -0.122. The number of para-hydroxylation sites is 1. The number of nitrogens with one attached hydrogen (secondary N) is 2. The van der Waals surface area contributed by atoms with Gasteiger partial charge in [-0.25, -0.2) is 4.98 Å². The molecular formula is C23H26N4O2S. The van der Waals surface area contributed by atoms with Gasteiger partial charge >= 0.3 is 0 Å². The van der Waals surface area contributed by atoms with Gasteiger partial charge in [0.2, 0.25) is 11.8 Å². The zero-order valence-corrected chi connectivity index (χ0v) is 18.5. The number of carbonyl (C=O) groups is 2. The molecule has 0 fully saturated rings. The molecule has 0 saturated heterocycles. The number of amides is 2. The van der Waals surface area contributed by atoms with E-state index in [0.717, 1.165) is 38.8 Å². The number of rotatable bonds is 7. The molecule has 0 aliphatic rings. The van der Waals surface area contributed by atoms with Crippen molar-refractivity contribution < 1.29 is 9.59 Å². The molecule has 2 N–H and O–H groups in total. The monoisotopic (exact) mass is 422 g/mol. The van der Waals surface area contributed by atoms with Crippen molar-refractivity contribution in [1.82, 2.24) is 14.9 Å². The van der Waals surface area contributed by atoms with Gasteiger partial charge < -0.3 is 10.6 Å². The number of carbonyl (C=O) groups excluding carboxylic acids is 2. The second kappa shape index (κ2) is 9.63. The molecule has 3 aromatic rings. The van der Waals surface area contributed by atoms with Gasteiger partial charge in [-0.15, -0.1) is 0 Å². The van der Waals surface area contributed by atoms with Crippen LogP contribution in [0.3, 0.4) is 0 Å². The molecule has 2 amide bonds. The fraction of sp³-hybridized carbons (Fsp3) is 0.261. The van der Waals surface area contributed by atoms with Crippen molar-refractivity contribution in [2.45, 2.75) is 32.9 Å². The minimum atomic E-state index is -0.246. The van der Waals surface area contributed by atoms with Gasteiger partial charge in [0, 0.05) is 18.1 Å². The third kappa shape index (κ3) is 5.30. The summed E-state index contributed by atoms with van der Waals surface area (Å²) in [5.41, 5.74) is 6.12. The van der Waals surface area contributed by atoms with Gasteiger partial charge in [0.05, 0.1) is 18.0 Å². The molecular weight excluding hydrogens is 396 g/mol. The maximum absolute atomic E-state index is 12.3. The van der Waals surface area contributed by atoms with Gasteiger partial charge in [-0.2, -0.15) is 0 Å². The van der Waals surface area contributed by atoms with Gasteiger partial charge in [0.1, 0.15) is 0 Å². The predicted molar refractivity (Wildman–Crippen MR) is 121 cm³/mol. The molecule has 7 heteroatoms. The van der Waals surface area contributed by atoms with Crippen LogP contribution in [0.25, 0.3) is 5.69 Å². The number of nitrogens with zero attached hydrogens (tertiary/aromatic N) is 2. The van der Waals surface area contributed by atoms with Crippen LogP contribution in [0.4, 0.5) is 5.69 Å². The molecule has 0 bridgehead atoms. The van der Waals surface area contributed by atoms with E-state index in [1.54, 1.807) is 6.20 Å². The highest BCUT2D eigenvalue weighted by molar-refractivity contribution is 7.99. The maximum Gasteiger partial charge on any atom is 0.243 e. The van der Waals surface area contributed by atoms with Gasteiger partial charge in [-0.05, 0) is 50.5 Å². The third-order valence-electron chi connectivity index (χ3n) is 4.70. The van der Waals surface area contributed by atoms with Crippen LogP contribution in [0.15, 0.2) is 53.9 Å². The zero-order chi connectivity index (χ0) is 21.7. The maximum atomic E-state index is 12.3. The van der Waals surface area contributed by atoms with E-state index in [1.807, 2.05) is 74.9 Å². The average Bonchev–Trinajstić information content (AvgIpc) is 3.16. The molecule has 0 spiro atoms.